The molecule has 1 saturated heterocycles. The van der Waals surface area contributed by atoms with Crippen LogP contribution in [0.5, 0.6) is 0 Å². The lowest BCUT2D eigenvalue weighted by atomic mass is 10.1. The van der Waals surface area contributed by atoms with Gasteiger partial charge in [-0.2, -0.15) is 0 Å². The second kappa shape index (κ2) is 4.49. The van der Waals surface area contributed by atoms with E-state index in [4.69, 9.17) is 5.11 Å². The van der Waals surface area contributed by atoms with Gasteiger partial charge >= 0.3 is 5.97 Å². The Bertz CT molecular complexity index is 487. The number of halogens is 1. The average Bonchev–Trinajstić information content (AvgIpc) is 2.64. The van der Waals surface area contributed by atoms with Crippen molar-refractivity contribution in [3.63, 3.8) is 0 Å². The van der Waals surface area contributed by atoms with E-state index in [0.717, 1.165) is 15.7 Å². The minimum Gasteiger partial charge on any atom is -0.481 e. The lowest BCUT2D eigenvalue weighted by Gasteiger charge is -2.18. The maximum absolute atomic E-state index is 11.9. The van der Waals surface area contributed by atoms with Crippen molar-refractivity contribution in [3.8, 4) is 0 Å². The number of anilines is 1. The van der Waals surface area contributed by atoms with Gasteiger partial charge in [0.1, 0.15) is 5.92 Å². The molecule has 1 heterocycles. The van der Waals surface area contributed by atoms with E-state index in [0.29, 0.717) is 13.0 Å². The summed E-state index contributed by atoms with van der Waals surface area (Å²) in [4.78, 5) is 24.4. The molecule has 0 saturated carbocycles. The van der Waals surface area contributed by atoms with Gasteiger partial charge in [-0.3, -0.25) is 9.59 Å². The number of carbonyl (C=O) groups is 2. The predicted molar refractivity (Wildman–Crippen MR) is 67.0 cm³/mol. The van der Waals surface area contributed by atoms with Gasteiger partial charge in [0.05, 0.1) is 5.69 Å². The van der Waals surface area contributed by atoms with E-state index < -0.39 is 11.9 Å². The first-order valence-electron chi connectivity index (χ1n) is 5.31. The summed E-state index contributed by atoms with van der Waals surface area (Å²) in [5.74, 6) is -2.27. The van der Waals surface area contributed by atoms with Gasteiger partial charge in [-0.25, -0.2) is 0 Å². The molecule has 0 bridgehead atoms. The van der Waals surface area contributed by atoms with Gasteiger partial charge in [-0.1, -0.05) is 6.07 Å². The number of carbonyl (C=O) groups excluding carboxylic acids is 1. The average molecular weight is 298 g/mol. The van der Waals surface area contributed by atoms with Crippen LogP contribution in [0.3, 0.4) is 0 Å². The van der Waals surface area contributed by atoms with Crippen molar-refractivity contribution in [2.75, 3.05) is 11.4 Å². The van der Waals surface area contributed by atoms with Gasteiger partial charge in [0.15, 0.2) is 0 Å². The van der Waals surface area contributed by atoms with Crippen molar-refractivity contribution in [2.45, 2.75) is 13.3 Å². The molecule has 1 aromatic carbocycles. The van der Waals surface area contributed by atoms with Crippen LogP contribution in [0.15, 0.2) is 22.7 Å². The van der Waals surface area contributed by atoms with Gasteiger partial charge in [0.2, 0.25) is 5.91 Å². The maximum atomic E-state index is 11.9. The van der Waals surface area contributed by atoms with Crippen molar-refractivity contribution in [1.82, 2.24) is 0 Å². The standard InChI is InChI=1S/C12H12BrNO3/c1-7-2-3-9(13)10(6-7)14-5-4-8(11(14)15)12(16)17/h2-3,6,8H,4-5H2,1H3,(H,16,17). The summed E-state index contributed by atoms with van der Waals surface area (Å²) < 4.78 is 0.808. The lowest BCUT2D eigenvalue weighted by molar-refractivity contribution is -0.144. The van der Waals surface area contributed by atoms with E-state index in [9.17, 15) is 9.59 Å². The van der Waals surface area contributed by atoms with Crippen LogP contribution in [-0.2, 0) is 9.59 Å². The molecule has 1 unspecified atom stereocenters. The third kappa shape index (κ3) is 2.20. The van der Waals surface area contributed by atoms with E-state index >= 15 is 0 Å². The zero-order valence-electron chi connectivity index (χ0n) is 9.31. The minimum atomic E-state index is -1.04. The Labute approximate surface area is 107 Å². The van der Waals surface area contributed by atoms with Crippen molar-refractivity contribution in [2.24, 2.45) is 5.92 Å². The smallest absolute Gasteiger partial charge is 0.316 e. The Morgan fingerprint density at radius 1 is 1.53 bits per heavy atom. The lowest BCUT2D eigenvalue weighted by Crippen LogP contribution is -2.30. The van der Waals surface area contributed by atoms with Crippen molar-refractivity contribution >= 4 is 33.5 Å². The highest BCUT2D eigenvalue weighted by Crippen LogP contribution is 2.32. The molecule has 1 fully saturated rings. The predicted octanol–water partition coefficient (Wildman–Crippen LogP) is 2.20. The Morgan fingerprint density at radius 3 is 2.82 bits per heavy atom. The van der Waals surface area contributed by atoms with Crippen LogP contribution in [0.4, 0.5) is 5.69 Å². The summed E-state index contributed by atoms with van der Waals surface area (Å²) in [6.07, 6.45) is 0.370. The number of hydrogen-bond acceptors (Lipinski definition) is 2. The molecule has 90 valence electrons. The molecule has 1 amide bonds. The fourth-order valence-electron chi connectivity index (χ4n) is 1.98. The van der Waals surface area contributed by atoms with E-state index in [1.165, 1.54) is 4.90 Å². The molecule has 5 heteroatoms. The van der Waals surface area contributed by atoms with Crippen LogP contribution >= 0.6 is 15.9 Å². The number of aliphatic carboxylic acids is 1. The summed E-state index contributed by atoms with van der Waals surface area (Å²) in [5, 5.41) is 8.91. The van der Waals surface area contributed by atoms with Crippen molar-refractivity contribution in [1.29, 1.82) is 0 Å². The molecular formula is C12H12BrNO3. The molecular weight excluding hydrogens is 286 g/mol. The van der Waals surface area contributed by atoms with Crippen LogP contribution in [-0.4, -0.2) is 23.5 Å². The van der Waals surface area contributed by atoms with Crippen LogP contribution < -0.4 is 4.90 Å². The van der Waals surface area contributed by atoms with E-state index in [1.807, 2.05) is 25.1 Å². The minimum absolute atomic E-state index is 0.330. The second-order valence-electron chi connectivity index (χ2n) is 4.12. The highest BCUT2D eigenvalue weighted by Gasteiger charge is 2.38. The molecule has 2 rings (SSSR count). The zero-order valence-corrected chi connectivity index (χ0v) is 10.9. The number of aryl methyl sites for hydroxylation is 1. The summed E-state index contributed by atoms with van der Waals surface area (Å²) in [7, 11) is 0. The second-order valence-corrected chi connectivity index (χ2v) is 4.98. The third-order valence-electron chi connectivity index (χ3n) is 2.90. The van der Waals surface area contributed by atoms with Crippen LogP contribution in [0.1, 0.15) is 12.0 Å². The van der Waals surface area contributed by atoms with Gasteiger partial charge in [-0.05, 0) is 47.0 Å². The zero-order chi connectivity index (χ0) is 12.6. The van der Waals surface area contributed by atoms with E-state index in [2.05, 4.69) is 15.9 Å². The molecule has 17 heavy (non-hydrogen) atoms. The molecule has 1 atom stereocenters. The number of amides is 1. The van der Waals surface area contributed by atoms with Crippen molar-refractivity contribution in [3.05, 3.63) is 28.2 Å². The van der Waals surface area contributed by atoms with Gasteiger partial charge in [-0.15, -0.1) is 0 Å². The van der Waals surface area contributed by atoms with Gasteiger partial charge < -0.3 is 10.0 Å². The molecule has 1 aromatic rings. The fourth-order valence-corrected chi connectivity index (χ4v) is 2.44. The number of nitrogens with zero attached hydrogens (tertiary/aromatic N) is 1. The van der Waals surface area contributed by atoms with E-state index in [-0.39, 0.29) is 5.91 Å². The van der Waals surface area contributed by atoms with Crippen LogP contribution in [0.2, 0.25) is 0 Å². The van der Waals surface area contributed by atoms with Gasteiger partial charge in [0.25, 0.3) is 0 Å². The Morgan fingerprint density at radius 2 is 2.24 bits per heavy atom. The number of benzene rings is 1. The fraction of sp³-hybridized carbons (Fsp3) is 0.333. The van der Waals surface area contributed by atoms with Crippen molar-refractivity contribution < 1.29 is 14.7 Å². The molecule has 0 radical (unpaired) electrons. The Kier molecular flexibility index (Phi) is 3.19. The highest BCUT2D eigenvalue weighted by molar-refractivity contribution is 9.10. The largest absolute Gasteiger partial charge is 0.481 e. The number of hydrogen-bond donors (Lipinski definition) is 1. The summed E-state index contributed by atoms with van der Waals surface area (Å²) in [5.41, 5.74) is 1.79. The summed E-state index contributed by atoms with van der Waals surface area (Å²) in [6, 6.07) is 5.68. The third-order valence-corrected chi connectivity index (χ3v) is 3.57. The molecule has 1 N–H and O–H groups in total. The van der Waals surface area contributed by atoms with E-state index in [1.54, 1.807) is 0 Å². The highest BCUT2D eigenvalue weighted by atomic mass is 79.9. The SMILES string of the molecule is Cc1ccc(Br)c(N2CCC(C(=O)O)C2=O)c1. The number of carboxylic acid groups (broad SMARTS) is 1. The van der Waals surface area contributed by atoms with Crippen LogP contribution in [0, 0.1) is 12.8 Å². The first-order valence-corrected chi connectivity index (χ1v) is 6.10. The summed E-state index contributed by atoms with van der Waals surface area (Å²) in [6.45, 7) is 2.39. The number of rotatable bonds is 2. The first kappa shape index (κ1) is 12.1. The molecule has 4 nitrogen and oxygen atoms in total. The molecule has 0 spiro atoms. The number of carboxylic acids is 1. The quantitative estimate of drug-likeness (QED) is 0.852. The topological polar surface area (TPSA) is 57.6 Å². The molecule has 1 aliphatic heterocycles. The molecule has 0 aliphatic carbocycles. The maximum Gasteiger partial charge on any atom is 0.316 e. The molecule has 0 aromatic heterocycles. The monoisotopic (exact) mass is 297 g/mol. The molecule has 1 aliphatic rings. The first-order chi connectivity index (χ1) is 8.00. The summed E-state index contributed by atoms with van der Waals surface area (Å²) >= 11 is 3.38. The van der Waals surface area contributed by atoms with Crippen LogP contribution in [0.25, 0.3) is 0 Å². The Balaban J connectivity index is 2.33. The Hall–Kier alpha value is -1.36. The normalized spacial score (nSPS) is 19.8. The van der Waals surface area contributed by atoms with Gasteiger partial charge in [0, 0.05) is 11.0 Å².